The van der Waals surface area contributed by atoms with Crippen molar-refractivity contribution in [1.29, 1.82) is 0 Å². The van der Waals surface area contributed by atoms with Crippen LogP contribution in [0.2, 0.25) is 5.02 Å². The fourth-order valence-electron chi connectivity index (χ4n) is 1.35. The molecule has 0 radical (unpaired) electrons. The van der Waals surface area contributed by atoms with Crippen LogP contribution < -0.4 is 4.57 Å². The van der Waals surface area contributed by atoms with E-state index in [1.165, 1.54) is 0 Å². The molecular formula is C11H12ClN2+. The highest BCUT2D eigenvalue weighted by atomic mass is 35.5. The van der Waals surface area contributed by atoms with Crippen molar-refractivity contribution in [1.82, 2.24) is 4.57 Å². The van der Waals surface area contributed by atoms with Gasteiger partial charge in [0.25, 0.3) is 0 Å². The lowest BCUT2D eigenvalue weighted by molar-refractivity contribution is -0.692. The number of rotatable bonds is 2. The van der Waals surface area contributed by atoms with Gasteiger partial charge in [0.05, 0.1) is 6.54 Å². The molecule has 1 aromatic carbocycles. The Hall–Kier alpha value is -1.28. The quantitative estimate of drug-likeness (QED) is 0.669. The minimum absolute atomic E-state index is 0.768. The third kappa shape index (κ3) is 1.80. The summed E-state index contributed by atoms with van der Waals surface area (Å²) in [7, 11) is 0. The number of benzene rings is 1. The summed E-state index contributed by atoms with van der Waals surface area (Å²) in [6.07, 6.45) is 6.14. The molecule has 2 rings (SSSR count). The van der Waals surface area contributed by atoms with Gasteiger partial charge in [-0.05, 0) is 31.2 Å². The lowest BCUT2D eigenvalue weighted by Crippen LogP contribution is -2.28. The van der Waals surface area contributed by atoms with Crippen LogP contribution in [-0.4, -0.2) is 4.57 Å². The fourth-order valence-corrected chi connectivity index (χ4v) is 1.47. The van der Waals surface area contributed by atoms with Crippen molar-refractivity contribution < 1.29 is 4.57 Å². The standard InChI is InChI=1S/C11H12ClN2/c1-2-13-7-8-14(9-13)11-5-3-10(12)4-6-11/h3-9H,2H2,1H3/q+1. The van der Waals surface area contributed by atoms with Crippen molar-refractivity contribution in [2.24, 2.45) is 0 Å². The summed E-state index contributed by atoms with van der Waals surface area (Å²) < 4.78 is 4.19. The smallest absolute Gasteiger partial charge is 0.237 e. The Bertz CT molecular complexity index is 417. The predicted molar refractivity (Wildman–Crippen MR) is 56.6 cm³/mol. The first-order valence-electron chi connectivity index (χ1n) is 4.62. The van der Waals surface area contributed by atoms with E-state index in [0.29, 0.717) is 0 Å². The van der Waals surface area contributed by atoms with Gasteiger partial charge in [-0.2, -0.15) is 0 Å². The number of nitrogens with zero attached hydrogens (tertiary/aromatic N) is 2. The molecule has 0 amide bonds. The summed E-state index contributed by atoms with van der Waals surface area (Å²) in [6.45, 7) is 3.10. The van der Waals surface area contributed by atoms with Crippen LogP contribution >= 0.6 is 11.6 Å². The maximum atomic E-state index is 5.82. The molecule has 0 N–H and O–H groups in total. The van der Waals surface area contributed by atoms with Crippen molar-refractivity contribution in [2.75, 3.05) is 0 Å². The Morgan fingerprint density at radius 2 is 2.00 bits per heavy atom. The van der Waals surface area contributed by atoms with E-state index in [1.807, 2.05) is 30.5 Å². The van der Waals surface area contributed by atoms with Crippen LogP contribution in [0.1, 0.15) is 6.92 Å². The molecule has 0 spiro atoms. The molecule has 2 nitrogen and oxygen atoms in total. The monoisotopic (exact) mass is 207 g/mol. The molecule has 0 aliphatic heterocycles. The van der Waals surface area contributed by atoms with Gasteiger partial charge in [0.2, 0.25) is 6.33 Å². The van der Waals surface area contributed by atoms with E-state index in [4.69, 9.17) is 11.6 Å². The van der Waals surface area contributed by atoms with Crippen LogP contribution in [0.4, 0.5) is 0 Å². The molecule has 0 saturated heterocycles. The Balaban J connectivity index is 2.34. The largest absolute Gasteiger partial charge is 0.248 e. The molecule has 0 atom stereocenters. The molecular weight excluding hydrogens is 196 g/mol. The normalized spacial score (nSPS) is 10.4. The zero-order chi connectivity index (χ0) is 9.97. The topological polar surface area (TPSA) is 8.81 Å². The summed E-state index contributed by atoms with van der Waals surface area (Å²) >= 11 is 5.82. The second kappa shape index (κ2) is 3.84. The Morgan fingerprint density at radius 3 is 2.57 bits per heavy atom. The summed E-state index contributed by atoms with van der Waals surface area (Å²) in [5.41, 5.74) is 1.13. The number of aromatic nitrogens is 2. The third-order valence-corrected chi connectivity index (χ3v) is 2.43. The Morgan fingerprint density at radius 1 is 1.29 bits per heavy atom. The molecule has 3 heteroatoms. The van der Waals surface area contributed by atoms with Crippen LogP contribution in [0.3, 0.4) is 0 Å². The van der Waals surface area contributed by atoms with E-state index in [9.17, 15) is 0 Å². The van der Waals surface area contributed by atoms with Crippen molar-refractivity contribution >= 4 is 11.6 Å². The van der Waals surface area contributed by atoms with Gasteiger partial charge in [-0.3, -0.25) is 0 Å². The maximum Gasteiger partial charge on any atom is 0.248 e. The molecule has 14 heavy (non-hydrogen) atoms. The van der Waals surface area contributed by atoms with E-state index in [1.54, 1.807) is 0 Å². The van der Waals surface area contributed by atoms with Crippen LogP contribution in [0.25, 0.3) is 5.69 Å². The molecule has 0 fully saturated rings. The molecule has 0 aliphatic carbocycles. The Kier molecular flexibility index (Phi) is 2.55. The van der Waals surface area contributed by atoms with Gasteiger partial charge in [0.1, 0.15) is 18.1 Å². The molecule has 0 unspecified atom stereocenters. The molecule has 0 bridgehead atoms. The van der Waals surface area contributed by atoms with E-state index < -0.39 is 0 Å². The lowest BCUT2D eigenvalue weighted by Gasteiger charge is -1.94. The zero-order valence-electron chi connectivity index (χ0n) is 8.02. The molecule has 2 aromatic rings. The molecule has 0 saturated carbocycles. The van der Waals surface area contributed by atoms with Gasteiger partial charge in [0, 0.05) is 5.02 Å². The van der Waals surface area contributed by atoms with Gasteiger partial charge in [0.15, 0.2) is 0 Å². The van der Waals surface area contributed by atoms with E-state index in [2.05, 4.69) is 28.6 Å². The minimum Gasteiger partial charge on any atom is -0.237 e. The average Bonchev–Trinajstić information content (AvgIpc) is 2.67. The third-order valence-electron chi connectivity index (χ3n) is 2.18. The molecule has 1 heterocycles. The first kappa shape index (κ1) is 9.28. The fraction of sp³-hybridized carbons (Fsp3) is 0.182. The van der Waals surface area contributed by atoms with Crippen LogP contribution in [0.15, 0.2) is 43.0 Å². The van der Waals surface area contributed by atoms with Crippen molar-refractivity contribution in [3.05, 3.63) is 48.0 Å². The van der Waals surface area contributed by atoms with E-state index in [-0.39, 0.29) is 0 Å². The van der Waals surface area contributed by atoms with Gasteiger partial charge in [-0.1, -0.05) is 11.6 Å². The van der Waals surface area contributed by atoms with Gasteiger partial charge >= 0.3 is 0 Å². The lowest BCUT2D eigenvalue weighted by atomic mass is 10.3. The van der Waals surface area contributed by atoms with E-state index in [0.717, 1.165) is 17.3 Å². The number of hydrogen-bond donors (Lipinski definition) is 0. The maximum absolute atomic E-state index is 5.82. The minimum atomic E-state index is 0.768. The summed E-state index contributed by atoms with van der Waals surface area (Å²) in [6, 6.07) is 7.80. The highest BCUT2D eigenvalue weighted by Crippen LogP contribution is 2.12. The predicted octanol–water partition coefficient (Wildman–Crippen LogP) is 2.44. The summed E-state index contributed by atoms with van der Waals surface area (Å²) in [5.74, 6) is 0. The number of aryl methyl sites for hydroxylation is 1. The highest BCUT2D eigenvalue weighted by Gasteiger charge is 2.03. The van der Waals surface area contributed by atoms with Gasteiger partial charge in [-0.25, -0.2) is 9.13 Å². The molecule has 72 valence electrons. The van der Waals surface area contributed by atoms with Crippen molar-refractivity contribution in [3.63, 3.8) is 0 Å². The summed E-state index contributed by atoms with van der Waals surface area (Å²) in [4.78, 5) is 0. The highest BCUT2D eigenvalue weighted by molar-refractivity contribution is 6.30. The molecule has 1 aromatic heterocycles. The first-order chi connectivity index (χ1) is 6.79. The zero-order valence-corrected chi connectivity index (χ0v) is 8.78. The number of halogens is 1. The van der Waals surface area contributed by atoms with Crippen LogP contribution in [0.5, 0.6) is 0 Å². The van der Waals surface area contributed by atoms with Crippen molar-refractivity contribution in [3.8, 4) is 5.69 Å². The first-order valence-corrected chi connectivity index (χ1v) is 5.00. The average molecular weight is 208 g/mol. The van der Waals surface area contributed by atoms with Gasteiger partial charge < -0.3 is 0 Å². The molecule has 0 aliphatic rings. The van der Waals surface area contributed by atoms with Crippen molar-refractivity contribution in [2.45, 2.75) is 13.5 Å². The van der Waals surface area contributed by atoms with Gasteiger partial charge in [-0.15, -0.1) is 0 Å². The second-order valence-corrected chi connectivity index (χ2v) is 3.56. The second-order valence-electron chi connectivity index (χ2n) is 3.13. The Labute approximate surface area is 88.4 Å². The number of hydrogen-bond acceptors (Lipinski definition) is 0. The van der Waals surface area contributed by atoms with Crippen LogP contribution in [0, 0.1) is 0 Å². The van der Waals surface area contributed by atoms with E-state index >= 15 is 0 Å². The van der Waals surface area contributed by atoms with Crippen LogP contribution in [-0.2, 0) is 6.54 Å². The SMILES string of the molecule is CC[n+]1ccn(-c2ccc(Cl)cc2)c1. The number of imidazole rings is 1. The summed E-state index contributed by atoms with van der Waals surface area (Å²) in [5, 5.41) is 0.768.